The van der Waals surface area contributed by atoms with Crippen molar-refractivity contribution in [2.45, 2.75) is 38.5 Å². The maximum absolute atomic E-state index is 15.4. The summed E-state index contributed by atoms with van der Waals surface area (Å²) in [5, 5.41) is 8.90. The van der Waals surface area contributed by atoms with E-state index in [1.54, 1.807) is 18.2 Å². The van der Waals surface area contributed by atoms with Crippen molar-refractivity contribution >= 4 is 11.0 Å². The normalized spacial score (nSPS) is 14.8. The van der Waals surface area contributed by atoms with Gasteiger partial charge in [0.05, 0.1) is 41.0 Å². The molecule has 0 saturated carbocycles. The Kier molecular flexibility index (Phi) is 7.40. The monoisotopic (exact) mass is 554 g/mol. The molecule has 0 amide bonds. The van der Waals surface area contributed by atoms with Crippen LogP contribution in [-0.2, 0) is 24.3 Å². The number of pyridine rings is 1. The average molecular weight is 555 g/mol. The quantitative estimate of drug-likeness (QED) is 0.213. The molecule has 0 radical (unpaired) electrons. The first kappa shape index (κ1) is 26.5. The number of halogens is 3. The number of hydrogen-bond donors (Lipinski definition) is 0. The Bertz CT molecular complexity index is 1770. The number of hydrogen-bond acceptors (Lipinski definition) is 5. The van der Waals surface area contributed by atoms with E-state index >= 15 is 8.78 Å². The fourth-order valence-electron chi connectivity index (χ4n) is 5.08. The van der Waals surface area contributed by atoms with Crippen molar-refractivity contribution in [1.29, 1.82) is 5.26 Å². The molecule has 0 bridgehead atoms. The highest BCUT2D eigenvalue weighted by Gasteiger charge is 2.21. The van der Waals surface area contributed by atoms with Gasteiger partial charge in [-0.05, 0) is 60.9 Å². The zero-order valence-electron chi connectivity index (χ0n) is 22.0. The van der Waals surface area contributed by atoms with E-state index in [0.717, 1.165) is 42.6 Å². The van der Waals surface area contributed by atoms with Crippen LogP contribution in [0.5, 0.6) is 5.88 Å². The Balaban J connectivity index is 1.24. The number of aromatic nitrogens is 3. The van der Waals surface area contributed by atoms with Crippen molar-refractivity contribution in [2.75, 3.05) is 6.61 Å². The number of nitrogens with zero attached hydrogens (tertiary/aromatic N) is 4. The molecule has 206 valence electrons. The Morgan fingerprint density at radius 2 is 1.78 bits per heavy atom. The third kappa shape index (κ3) is 5.65. The van der Waals surface area contributed by atoms with Crippen LogP contribution in [0.3, 0.4) is 0 Å². The first-order valence-corrected chi connectivity index (χ1v) is 13.3. The fourth-order valence-corrected chi connectivity index (χ4v) is 5.08. The predicted octanol–water partition coefficient (Wildman–Crippen LogP) is 6.74. The summed E-state index contributed by atoms with van der Waals surface area (Å²) in [4.78, 5) is 9.02. The van der Waals surface area contributed by atoms with Gasteiger partial charge in [-0.3, -0.25) is 0 Å². The zero-order valence-corrected chi connectivity index (χ0v) is 22.0. The molecule has 0 aliphatic carbocycles. The second-order valence-electron chi connectivity index (χ2n) is 9.93. The van der Waals surface area contributed by atoms with Gasteiger partial charge in [-0.2, -0.15) is 5.26 Å². The fraction of sp³-hybridized carbons (Fsp3) is 0.219. The maximum Gasteiger partial charge on any atom is 0.214 e. The Morgan fingerprint density at radius 1 is 0.927 bits per heavy atom. The molecule has 3 aromatic carbocycles. The van der Waals surface area contributed by atoms with Gasteiger partial charge in [0.15, 0.2) is 0 Å². The first-order valence-electron chi connectivity index (χ1n) is 13.3. The van der Waals surface area contributed by atoms with E-state index in [-0.39, 0.29) is 53.0 Å². The lowest BCUT2D eigenvalue weighted by Gasteiger charge is -2.15. The zero-order chi connectivity index (χ0) is 28.3. The van der Waals surface area contributed by atoms with Crippen molar-refractivity contribution in [3.63, 3.8) is 0 Å². The van der Waals surface area contributed by atoms with Crippen LogP contribution in [0.15, 0.2) is 72.8 Å². The molecule has 41 heavy (non-hydrogen) atoms. The molecule has 9 heteroatoms. The Morgan fingerprint density at radius 3 is 2.59 bits per heavy atom. The molecule has 1 atom stereocenters. The number of ether oxygens (including phenoxy) is 2. The van der Waals surface area contributed by atoms with Crippen LogP contribution in [0.25, 0.3) is 22.3 Å². The highest BCUT2D eigenvalue weighted by atomic mass is 19.1. The van der Waals surface area contributed by atoms with Crippen molar-refractivity contribution < 1.29 is 22.6 Å². The number of nitriles is 1. The van der Waals surface area contributed by atoms with Crippen LogP contribution in [0.1, 0.15) is 35.4 Å². The van der Waals surface area contributed by atoms with Gasteiger partial charge in [-0.25, -0.2) is 23.1 Å². The summed E-state index contributed by atoms with van der Waals surface area (Å²) in [7, 11) is 0. The number of benzene rings is 3. The summed E-state index contributed by atoms with van der Waals surface area (Å²) in [6, 6.07) is 20.7. The molecule has 1 saturated heterocycles. The molecule has 5 aromatic rings. The summed E-state index contributed by atoms with van der Waals surface area (Å²) in [5.41, 5.74) is 2.50. The third-order valence-electron chi connectivity index (χ3n) is 7.19. The van der Waals surface area contributed by atoms with Gasteiger partial charge in [0.2, 0.25) is 5.88 Å². The highest BCUT2D eigenvalue weighted by Crippen LogP contribution is 2.29. The van der Waals surface area contributed by atoms with Crippen LogP contribution >= 0.6 is 0 Å². The molecule has 1 aliphatic heterocycles. The Hall–Kier alpha value is -4.68. The summed E-state index contributed by atoms with van der Waals surface area (Å²) >= 11 is 0. The van der Waals surface area contributed by atoms with Gasteiger partial charge in [-0.15, -0.1) is 0 Å². The minimum atomic E-state index is -0.633. The van der Waals surface area contributed by atoms with Crippen LogP contribution in [0.2, 0.25) is 0 Å². The Labute approximate surface area is 234 Å². The summed E-state index contributed by atoms with van der Waals surface area (Å²) in [6.45, 7) is 1.18. The molecule has 0 spiro atoms. The lowest BCUT2D eigenvalue weighted by molar-refractivity contribution is 0.0973. The minimum absolute atomic E-state index is 0.0193. The molecule has 2 aromatic heterocycles. The van der Waals surface area contributed by atoms with Crippen molar-refractivity contribution in [2.24, 2.45) is 0 Å². The smallest absolute Gasteiger partial charge is 0.214 e. The second-order valence-corrected chi connectivity index (χ2v) is 9.93. The van der Waals surface area contributed by atoms with E-state index in [1.165, 1.54) is 18.2 Å². The van der Waals surface area contributed by atoms with Gasteiger partial charge in [0.25, 0.3) is 0 Å². The van der Waals surface area contributed by atoms with Crippen LogP contribution in [0, 0.1) is 28.8 Å². The standard InChI is InChI=1S/C32H25F3N4O2/c33-25-13-20(17-36)10-11-21(25)19-41-32-9-3-7-28(38-32)24-16-26(34)22(14-27(24)35)15-31-37-29-6-1-2-8-30(29)39(31)18-23-5-4-12-40-23/h1-3,6-11,13-14,16,23H,4-5,12,15,18-19H2. The van der Waals surface area contributed by atoms with Gasteiger partial charge in [-0.1, -0.05) is 24.3 Å². The van der Waals surface area contributed by atoms with Gasteiger partial charge in [0.1, 0.15) is 29.9 Å². The van der Waals surface area contributed by atoms with Crippen molar-refractivity contribution in [1.82, 2.24) is 14.5 Å². The number of rotatable bonds is 8. The van der Waals surface area contributed by atoms with Crippen LogP contribution in [0.4, 0.5) is 13.2 Å². The lowest BCUT2D eigenvalue weighted by atomic mass is 10.0. The summed E-state index contributed by atoms with van der Waals surface area (Å²) < 4.78 is 58.5. The molecule has 6 rings (SSSR count). The first-order chi connectivity index (χ1) is 20.0. The van der Waals surface area contributed by atoms with E-state index in [0.29, 0.717) is 12.4 Å². The predicted molar refractivity (Wildman–Crippen MR) is 147 cm³/mol. The van der Waals surface area contributed by atoms with Crippen molar-refractivity contribution in [3.8, 4) is 23.2 Å². The number of para-hydroxylation sites is 2. The molecular formula is C32H25F3N4O2. The molecule has 6 nitrogen and oxygen atoms in total. The van der Waals surface area contributed by atoms with E-state index in [9.17, 15) is 4.39 Å². The minimum Gasteiger partial charge on any atom is -0.473 e. The lowest BCUT2D eigenvalue weighted by Crippen LogP contribution is -2.17. The van der Waals surface area contributed by atoms with Crippen LogP contribution < -0.4 is 4.74 Å². The van der Waals surface area contributed by atoms with Gasteiger partial charge in [0, 0.05) is 30.2 Å². The van der Waals surface area contributed by atoms with E-state index in [2.05, 4.69) is 4.98 Å². The third-order valence-corrected chi connectivity index (χ3v) is 7.19. The molecular weight excluding hydrogens is 529 g/mol. The topological polar surface area (TPSA) is 73.0 Å². The largest absolute Gasteiger partial charge is 0.473 e. The van der Waals surface area contributed by atoms with E-state index in [4.69, 9.17) is 19.7 Å². The summed E-state index contributed by atoms with van der Waals surface area (Å²) in [5.74, 6) is -1.03. The van der Waals surface area contributed by atoms with E-state index < -0.39 is 17.5 Å². The maximum atomic E-state index is 15.4. The molecule has 1 unspecified atom stereocenters. The van der Waals surface area contributed by atoms with Crippen molar-refractivity contribution in [3.05, 3.63) is 113 Å². The molecule has 3 heterocycles. The number of imidazole rings is 1. The number of fused-ring (bicyclic) bond motifs is 1. The molecule has 1 fully saturated rings. The SMILES string of the molecule is N#Cc1ccc(COc2cccc(-c3cc(F)c(Cc4nc5ccccc5n4CC4CCCO4)cc3F)n2)c(F)c1. The van der Waals surface area contributed by atoms with Crippen LogP contribution in [-0.4, -0.2) is 27.2 Å². The molecule has 1 aliphatic rings. The molecule has 0 N–H and O–H groups in total. The van der Waals surface area contributed by atoms with Gasteiger partial charge >= 0.3 is 0 Å². The van der Waals surface area contributed by atoms with Gasteiger partial charge < -0.3 is 14.0 Å². The highest BCUT2D eigenvalue weighted by molar-refractivity contribution is 5.76. The van der Waals surface area contributed by atoms with E-state index in [1.807, 2.05) is 34.9 Å². The summed E-state index contributed by atoms with van der Waals surface area (Å²) in [6.07, 6.45) is 2.11. The second kappa shape index (κ2) is 11.4. The average Bonchev–Trinajstić information content (AvgIpc) is 3.62.